The first kappa shape index (κ1) is 26.6. The molecule has 0 amide bonds. The van der Waals surface area contributed by atoms with E-state index in [2.05, 4.69) is 9.47 Å². The van der Waals surface area contributed by atoms with Crippen molar-refractivity contribution >= 4 is 11.9 Å². The Morgan fingerprint density at radius 1 is 0.750 bits per heavy atom. The van der Waals surface area contributed by atoms with Crippen LogP contribution in [0.25, 0.3) is 0 Å². The van der Waals surface area contributed by atoms with Crippen molar-refractivity contribution < 1.29 is 54.2 Å². The summed E-state index contributed by atoms with van der Waals surface area (Å²) in [4.78, 5) is 24.5. The fourth-order valence-corrected chi connectivity index (χ4v) is 4.31. The molecule has 2 atom stereocenters. The van der Waals surface area contributed by atoms with Gasteiger partial charge in [0.05, 0.1) is 0 Å². The van der Waals surface area contributed by atoms with E-state index in [9.17, 15) is 35.9 Å². The number of halogens is 8. The van der Waals surface area contributed by atoms with Crippen molar-refractivity contribution in [2.45, 2.75) is 113 Å². The Morgan fingerprint density at radius 3 is 1.62 bits per heavy atom. The molecule has 0 aromatic rings. The molecule has 2 aliphatic carbocycles. The molecule has 0 spiro atoms. The molecule has 12 heteroatoms. The Bertz CT molecular complexity index is 680. The Hall–Kier alpha value is -1.62. The zero-order valence-corrected chi connectivity index (χ0v) is 17.5. The van der Waals surface area contributed by atoms with Crippen LogP contribution in [0.3, 0.4) is 0 Å². The van der Waals surface area contributed by atoms with Crippen molar-refractivity contribution in [2.75, 3.05) is 0 Å². The summed E-state index contributed by atoms with van der Waals surface area (Å²) in [5.74, 6) is -6.27. The van der Waals surface area contributed by atoms with E-state index < -0.39 is 47.3 Å². The van der Waals surface area contributed by atoms with Gasteiger partial charge in [0.2, 0.25) is 0 Å². The number of hydrogen-bond donors (Lipinski definition) is 0. The van der Waals surface area contributed by atoms with Crippen molar-refractivity contribution in [3.63, 3.8) is 0 Å². The normalized spacial score (nSPS) is 24.2. The molecule has 2 saturated carbocycles. The third-order valence-electron chi connectivity index (χ3n) is 6.36. The van der Waals surface area contributed by atoms with Gasteiger partial charge >= 0.3 is 35.6 Å². The molecular weight excluding hydrogens is 456 g/mol. The Morgan fingerprint density at radius 2 is 1.19 bits per heavy atom. The van der Waals surface area contributed by atoms with Gasteiger partial charge in [0.15, 0.2) is 0 Å². The van der Waals surface area contributed by atoms with Crippen LogP contribution in [0.5, 0.6) is 0 Å². The van der Waals surface area contributed by atoms with Crippen molar-refractivity contribution in [1.29, 1.82) is 0 Å². The molecule has 0 aliphatic heterocycles. The predicted octanol–water partition coefficient (Wildman–Crippen LogP) is 6.06. The fraction of sp³-hybridized carbons (Fsp3) is 0.900. The van der Waals surface area contributed by atoms with Crippen molar-refractivity contribution in [1.82, 2.24) is 0 Å². The van der Waals surface area contributed by atoms with Gasteiger partial charge in [-0.15, -0.1) is 0 Å². The predicted molar refractivity (Wildman–Crippen MR) is 95.0 cm³/mol. The molecule has 2 fully saturated rings. The standard InChI is InChI=1S/C20H26F8O4/c1-2-16(11-7-4-8-12-16)32-15(30)18(22,20(26,27)28)17(21,19(23,24)25)14(29)31-13-9-5-3-6-10-13/h13H,2-12H2,1H3. The molecule has 2 aliphatic rings. The number of esters is 2. The van der Waals surface area contributed by atoms with Gasteiger partial charge < -0.3 is 9.47 Å². The number of carbonyl (C=O) groups is 2. The number of hydrogen-bond acceptors (Lipinski definition) is 4. The van der Waals surface area contributed by atoms with E-state index >= 15 is 8.78 Å². The van der Waals surface area contributed by atoms with Gasteiger partial charge in [-0.2, -0.15) is 26.3 Å². The summed E-state index contributed by atoms with van der Waals surface area (Å²) in [6.07, 6.45) is -12.3. The smallest absolute Gasteiger partial charge is 0.437 e. The lowest BCUT2D eigenvalue weighted by Crippen LogP contribution is -2.73. The molecule has 2 rings (SSSR count). The maximum absolute atomic E-state index is 15.3. The van der Waals surface area contributed by atoms with E-state index in [-0.39, 0.29) is 32.1 Å². The van der Waals surface area contributed by atoms with E-state index in [1.54, 1.807) is 0 Å². The molecule has 0 heterocycles. The maximum atomic E-state index is 15.3. The monoisotopic (exact) mass is 482 g/mol. The Labute approximate surface area is 180 Å². The summed E-state index contributed by atoms with van der Waals surface area (Å²) in [7, 11) is 0. The molecule has 4 nitrogen and oxygen atoms in total. The molecule has 0 aromatic carbocycles. The van der Waals surface area contributed by atoms with E-state index in [1.807, 2.05) is 0 Å². The second-order valence-electron chi connectivity index (χ2n) is 8.46. The summed E-state index contributed by atoms with van der Waals surface area (Å²) in [6, 6.07) is 0. The number of carbonyl (C=O) groups excluding carboxylic acids is 2. The molecule has 0 bridgehead atoms. The van der Waals surface area contributed by atoms with Gasteiger partial charge in [0.1, 0.15) is 11.7 Å². The zero-order valence-electron chi connectivity index (χ0n) is 17.5. The summed E-state index contributed by atoms with van der Waals surface area (Å²) in [5, 5.41) is 0. The molecule has 0 aromatic heterocycles. The van der Waals surface area contributed by atoms with Crippen LogP contribution >= 0.6 is 0 Å². The highest BCUT2D eigenvalue weighted by molar-refractivity contribution is 5.94. The number of rotatable bonds is 6. The first-order valence-electron chi connectivity index (χ1n) is 10.6. The average molecular weight is 482 g/mol. The fourth-order valence-electron chi connectivity index (χ4n) is 4.31. The highest BCUT2D eigenvalue weighted by atomic mass is 19.4. The molecular formula is C20H26F8O4. The third kappa shape index (κ3) is 4.69. The van der Waals surface area contributed by atoms with Crippen LogP contribution < -0.4 is 0 Å². The van der Waals surface area contributed by atoms with Crippen molar-refractivity contribution in [3.8, 4) is 0 Å². The van der Waals surface area contributed by atoms with E-state index in [0.29, 0.717) is 38.5 Å². The zero-order chi connectivity index (χ0) is 24.4. The molecule has 0 radical (unpaired) electrons. The minimum Gasteiger partial charge on any atom is -0.460 e. The molecule has 0 saturated heterocycles. The SMILES string of the molecule is CCC1(OC(=O)C(F)(C(F)(F)F)C(F)(C(=O)OC2CCCCC2)C(F)(F)F)CCCCC1. The minimum absolute atomic E-state index is 0.0195. The van der Waals surface area contributed by atoms with Crippen LogP contribution in [-0.2, 0) is 19.1 Å². The number of ether oxygens (including phenoxy) is 2. The molecule has 0 N–H and O–H groups in total. The van der Waals surface area contributed by atoms with Gasteiger partial charge in [-0.05, 0) is 57.8 Å². The highest BCUT2D eigenvalue weighted by Crippen LogP contribution is 2.54. The summed E-state index contributed by atoms with van der Waals surface area (Å²) in [5.41, 5.74) is -14.4. The van der Waals surface area contributed by atoms with Crippen LogP contribution in [-0.4, -0.2) is 47.3 Å². The van der Waals surface area contributed by atoms with Crippen LogP contribution in [0.1, 0.15) is 77.6 Å². The quantitative estimate of drug-likeness (QED) is 0.341. The molecule has 32 heavy (non-hydrogen) atoms. The Balaban J connectivity index is 2.50. The van der Waals surface area contributed by atoms with Crippen LogP contribution in [0, 0.1) is 0 Å². The lowest BCUT2D eigenvalue weighted by Gasteiger charge is -2.42. The third-order valence-corrected chi connectivity index (χ3v) is 6.36. The largest absolute Gasteiger partial charge is 0.460 e. The first-order chi connectivity index (χ1) is 14.6. The van der Waals surface area contributed by atoms with Crippen LogP contribution in [0.4, 0.5) is 35.1 Å². The Kier molecular flexibility index (Phi) is 7.76. The maximum Gasteiger partial charge on any atom is 0.437 e. The van der Waals surface area contributed by atoms with E-state index in [4.69, 9.17) is 0 Å². The van der Waals surface area contributed by atoms with Gasteiger partial charge in [-0.1, -0.05) is 19.8 Å². The minimum atomic E-state index is -6.76. The lowest BCUT2D eigenvalue weighted by atomic mass is 9.81. The van der Waals surface area contributed by atoms with Gasteiger partial charge in [-0.3, -0.25) is 0 Å². The van der Waals surface area contributed by atoms with Crippen LogP contribution in [0.15, 0.2) is 0 Å². The summed E-state index contributed by atoms with van der Waals surface area (Å²) in [6.45, 7) is 1.40. The highest BCUT2D eigenvalue weighted by Gasteiger charge is 2.88. The van der Waals surface area contributed by atoms with Crippen molar-refractivity contribution in [3.05, 3.63) is 0 Å². The summed E-state index contributed by atoms with van der Waals surface area (Å²) >= 11 is 0. The van der Waals surface area contributed by atoms with E-state index in [1.165, 1.54) is 6.92 Å². The molecule has 186 valence electrons. The van der Waals surface area contributed by atoms with Gasteiger partial charge in [-0.25, -0.2) is 18.4 Å². The van der Waals surface area contributed by atoms with Crippen molar-refractivity contribution in [2.24, 2.45) is 0 Å². The van der Waals surface area contributed by atoms with Gasteiger partial charge in [0, 0.05) is 0 Å². The summed E-state index contributed by atoms with van der Waals surface area (Å²) < 4.78 is 121. The second-order valence-corrected chi connectivity index (χ2v) is 8.46. The van der Waals surface area contributed by atoms with Crippen LogP contribution in [0.2, 0.25) is 0 Å². The lowest BCUT2D eigenvalue weighted by molar-refractivity contribution is -0.334. The topological polar surface area (TPSA) is 52.6 Å². The van der Waals surface area contributed by atoms with Gasteiger partial charge in [0.25, 0.3) is 0 Å². The molecule has 2 unspecified atom stereocenters. The first-order valence-corrected chi connectivity index (χ1v) is 10.6. The van der Waals surface area contributed by atoms with E-state index in [0.717, 1.165) is 0 Å². The number of alkyl halides is 8. The second kappa shape index (κ2) is 9.32. The average Bonchev–Trinajstić information content (AvgIpc) is 2.72.